The monoisotopic (exact) mass is 242 g/mol. The third-order valence-corrected chi connectivity index (χ3v) is 3.93. The number of esters is 1. The van der Waals surface area contributed by atoms with Crippen molar-refractivity contribution in [2.75, 3.05) is 13.7 Å². The molecule has 0 amide bonds. The SMILES string of the molecule is CCC(CC)COC1CCC(C(=O)OC)CC1. The first kappa shape index (κ1) is 14.5. The molecule has 0 aromatic heterocycles. The van der Waals surface area contributed by atoms with Crippen molar-refractivity contribution >= 4 is 5.97 Å². The predicted octanol–water partition coefficient (Wildman–Crippen LogP) is 3.17. The molecule has 0 bridgehead atoms. The van der Waals surface area contributed by atoms with Crippen molar-refractivity contribution in [2.24, 2.45) is 11.8 Å². The molecule has 0 aromatic carbocycles. The highest BCUT2D eigenvalue weighted by molar-refractivity contribution is 5.72. The third kappa shape index (κ3) is 4.66. The Morgan fingerprint density at radius 1 is 1.18 bits per heavy atom. The summed E-state index contributed by atoms with van der Waals surface area (Å²) >= 11 is 0. The van der Waals surface area contributed by atoms with Crippen LogP contribution in [0.25, 0.3) is 0 Å². The predicted molar refractivity (Wildman–Crippen MR) is 67.8 cm³/mol. The van der Waals surface area contributed by atoms with Gasteiger partial charge >= 0.3 is 5.97 Å². The molecule has 100 valence electrons. The van der Waals surface area contributed by atoms with Gasteiger partial charge in [0.25, 0.3) is 0 Å². The Balaban J connectivity index is 2.21. The zero-order valence-corrected chi connectivity index (χ0v) is 11.4. The van der Waals surface area contributed by atoms with Crippen LogP contribution in [-0.2, 0) is 14.3 Å². The minimum Gasteiger partial charge on any atom is -0.469 e. The van der Waals surface area contributed by atoms with Gasteiger partial charge in [-0.3, -0.25) is 4.79 Å². The van der Waals surface area contributed by atoms with Gasteiger partial charge in [-0.1, -0.05) is 26.7 Å². The van der Waals surface area contributed by atoms with Crippen molar-refractivity contribution in [3.63, 3.8) is 0 Å². The van der Waals surface area contributed by atoms with Crippen LogP contribution in [0.4, 0.5) is 0 Å². The van der Waals surface area contributed by atoms with E-state index < -0.39 is 0 Å². The van der Waals surface area contributed by atoms with Crippen LogP contribution in [0.15, 0.2) is 0 Å². The molecule has 0 spiro atoms. The molecular weight excluding hydrogens is 216 g/mol. The van der Waals surface area contributed by atoms with E-state index in [0.717, 1.165) is 32.3 Å². The second kappa shape index (κ2) is 7.70. The number of rotatable bonds is 6. The van der Waals surface area contributed by atoms with Crippen LogP contribution in [0.1, 0.15) is 52.4 Å². The normalized spacial score (nSPS) is 24.9. The average molecular weight is 242 g/mol. The van der Waals surface area contributed by atoms with E-state index in [2.05, 4.69) is 13.8 Å². The Morgan fingerprint density at radius 3 is 2.24 bits per heavy atom. The van der Waals surface area contributed by atoms with Crippen molar-refractivity contribution in [3.8, 4) is 0 Å². The van der Waals surface area contributed by atoms with Gasteiger partial charge < -0.3 is 9.47 Å². The minimum atomic E-state index is -0.0524. The molecule has 0 aliphatic heterocycles. The third-order valence-electron chi connectivity index (χ3n) is 3.93. The molecule has 17 heavy (non-hydrogen) atoms. The van der Waals surface area contributed by atoms with Crippen molar-refractivity contribution in [1.82, 2.24) is 0 Å². The lowest BCUT2D eigenvalue weighted by atomic mass is 9.87. The molecule has 0 radical (unpaired) electrons. The van der Waals surface area contributed by atoms with E-state index in [-0.39, 0.29) is 11.9 Å². The Morgan fingerprint density at radius 2 is 1.76 bits per heavy atom. The summed E-state index contributed by atoms with van der Waals surface area (Å²) < 4.78 is 10.7. The summed E-state index contributed by atoms with van der Waals surface area (Å²) in [6.07, 6.45) is 6.57. The van der Waals surface area contributed by atoms with Gasteiger partial charge in [-0.15, -0.1) is 0 Å². The first-order valence-electron chi connectivity index (χ1n) is 6.90. The van der Waals surface area contributed by atoms with E-state index >= 15 is 0 Å². The zero-order valence-electron chi connectivity index (χ0n) is 11.4. The fourth-order valence-electron chi connectivity index (χ4n) is 2.43. The molecule has 1 saturated carbocycles. The smallest absolute Gasteiger partial charge is 0.308 e. The molecular formula is C14H26O3. The largest absolute Gasteiger partial charge is 0.469 e. The van der Waals surface area contributed by atoms with Crippen LogP contribution in [0.2, 0.25) is 0 Å². The van der Waals surface area contributed by atoms with E-state index in [4.69, 9.17) is 9.47 Å². The van der Waals surface area contributed by atoms with E-state index in [9.17, 15) is 4.79 Å². The van der Waals surface area contributed by atoms with Gasteiger partial charge in [0.1, 0.15) is 0 Å². The Labute approximate surface area is 105 Å². The molecule has 0 N–H and O–H groups in total. The van der Waals surface area contributed by atoms with Gasteiger partial charge in [0, 0.05) is 6.61 Å². The van der Waals surface area contributed by atoms with Gasteiger partial charge in [-0.2, -0.15) is 0 Å². The van der Waals surface area contributed by atoms with E-state index in [0.29, 0.717) is 12.0 Å². The second-order valence-electron chi connectivity index (χ2n) is 5.01. The molecule has 1 aliphatic rings. The molecule has 1 rings (SSSR count). The highest BCUT2D eigenvalue weighted by Gasteiger charge is 2.27. The average Bonchev–Trinajstić information content (AvgIpc) is 2.39. The fourth-order valence-corrected chi connectivity index (χ4v) is 2.43. The zero-order chi connectivity index (χ0) is 12.7. The minimum absolute atomic E-state index is 0.0524. The van der Waals surface area contributed by atoms with Crippen LogP contribution < -0.4 is 0 Å². The molecule has 0 unspecified atom stereocenters. The Kier molecular flexibility index (Phi) is 6.56. The lowest BCUT2D eigenvalue weighted by molar-refractivity contribution is -0.147. The summed E-state index contributed by atoms with van der Waals surface area (Å²) in [5.74, 6) is 0.741. The van der Waals surface area contributed by atoms with Gasteiger partial charge in [-0.05, 0) is 31.6 Å². The summed E-state index contributed by atoms with van der Waals surface area (Å²) in [6, 6.07) is 0. The summed E-state index contributed by atoms with van der Waals surface area (Å²) in [5.41, 5.74) is 0. The maximum atomic E-state index is 11.4. The number of hydrogen-bond donors (Lipinski definition) is 0. The van der Waals surface area contributed by atoms with Crippen molar-refractivity contribution in [1.29, 1.82) is 0 Å². The molecule has 0 aromatic rings. The Bertz CT molecular complexity index is 216. The highest BCUT2D eigenvalue weighted by Crippen LogP contribution is 2.27. The molecule has 0 atom stereocenters. The number of carbonyl (C=O) groups is 1. The number of methoxy groups -OCH3 is 1. The van der Waals surface area contributed by atoms with Gasteiger partial charge in [0.05, 0.1) is 19.1 Å². The molecule has 3 heteroatoms. The van der Waals surface area contributed by atoms with Crippen molar-refractivity contribution in [2.45, 2.75) is 58.5 Å². The topological polar surface area (TPSA) is 35.5 Å². The summed E-state index contributed by atoms with van der Waals surface area (Å²) in [5, 5.41) is 0. The summed E-state index contributed by atoms with van der Waals surface area (Å²) in [4.78, 5) is 11.4. The van der Waals surface area contributed by atoms with E-state index in [1.807, 2.05) is 0 Å². The summed E-state index contributed by atoms with van der Waals surface area (Å²) in [6.45, 7) is 5.30. The van der Waals surface area contributed by atoms with E-state index in [1.54, 1.807) is 0 Å². The standard InChI is InChI=1S/C14H26O3/c1-4-11(5-2)10-17-13-8-6-12(7-9-13)14(15)16-3/h11-13H,4-10H2,1-3H3. The maximum absolute atomic E-state index is 11.4. The van der Waals surface area contributed by atoms with Crippen LogP contribution in [0.3, 0.4) is 0 Å². The van der Waals surface area contributed by atoms with Crippen LogP contribution in [-0.4, -0.2) is 25.8 Å². The van der Waals surface area contributed by atoms with Crippen molar-refractivity contribution in [3.05, 3.63) is 0 Å². The Hall–Kier alpha value is -0.570. The van der Waals surface area contributed by atoms with Gasteiger partial charge in [0.15, 0.2) is 0 Å². The molecule has 0 saturated heterocycles. The molecule has 1 fully saturated rings. The van der Waals surface area contributed by atoms with Crippen LogP contribution >= 0.6 is 0 Å². The second-order valence-corrected chi connectivity index (χ2v) is 5.01. The maximum Gasteiger partial charge on any atom is 0.308 e. The van der Waals surface area contributed by atoms with Crippen molar-refractivity contribution < 1.29 is 14.3 Å². The first-order chi connectivity index (χ1) is 8.21. The summed E-state index contributed by atoms with van der Waals surface area (Å²) in [7, 11) is 1.47. The highest BCUT2D eigenvalue weighted by atomic mass is 16.5. The van der Waals surface area contributed by atoms with Crippen LogP contribution in [0, 0.1) is 11.8 Å². The van der Waals surface area contributed by atoms with Crippen LogP contribution in [0.5, 0.6) is 0 Å². The fraction of sp³-hybridized carbons (Fsp3) is 0.929. The molecule has 1 aliphatic carbocycles. The van der Waals surface area contributed by atoms with Gasteiger partial charge in [0.2, 0.25) is 0 Å². The molecule has 0 heterocycles. The lowest BCUT2D eigenvalue weighted by Crippen LogP contribution is -2.28. The first-order valence-corrected chi connectivity index (χ1v) is 6.90. The van der Waals surface area contributed by atoms with E-state index in [1.165, 1.54) is 20.0 Å². The number of ether oxygens (including phenoxy) is 2. The van der Waals surface area contributed by atoms with Gasteiger partial charge in [-0.25, -0.2) is 0 Å². The lowest BCUT2D eigenvalue weighted by Gasteiger charge is -2.28. The quantitative estimate of drug-likeness (QED) is 0.671. The number of hydrogen-bond acceptors (Lipinski definition) is 3. The molecule has 3 nitrogen and oxygen atoms in total. The number of carbonyl (C=O) groups excluding carboxylic acids is 1.